The van der Waals surface area contributed by atoms with E-state index in [1.165, 1.54) is 16.7 Å². The Morgan fingerprint density at radius 1 is 1.05 bits per heavy atom. The van der Waals surface area contributed by atoms with Gasteiger partial charge >= 0.3 is 0 Å². The Hall–Kier alpha value is -1.96. The van der Waals surface area contributed by atoms with Gasteiger partial charge in [0.05, 0.1) is 0 Å². The quantitative estimate of drug-likeness (QED) is 0.775. The summed E-state index contributed by atoms with van der Waals surface area (Å²) < 4.78 is 0. The van der Waals surface area contributed by atoms with E-state index in [2.05, 4.69) is 32.0 Å². The first-order valence-corrected chi connectivity index (χ1v) is 8.16. The summed E-state index contributed by atoms with van der Waals surface area (Å²) in [5.41, 5.74) is 4.01. The average Bonchev–Trinajstić information content (AvgIpc) is 2.64. The molecule has 2 heteroatoms. The molecule has 0 radical (unpaired) electrons. The first-order chi connectivity index (χ1) is 10.5. The van der Waals surface area contributed by atoms with Crippen LogP contribution in [0.15, 0.2) is 42.5 Å². The molecule has 1 aliphatic rings. The summed E-state index contributed by atoms with van der Waals surface area (Å²) in [6, 6.07) is 13.5. The molecule has 2 N–H and O–H groups in total. The largest absolute Gasteiger partial charge is 0.508 e. The summed E-state index contributed by atoms with van der Waals surface area (Å²) in [6.45, 7) is 4.58. The van der Waals surface area contributed by atoms with Crippen molar-refractivity contribution in [1.29, 1.82) is 0 Å². The molecule has 2 nitrogen and oxygen atoms in total. The molecule has 2 atom stereocenters. The van der Waals surface area contributed by atoms with Crippen LogP contribution in [-0.2, 0) is 11.8 Å². The summed E-state index contributed by atoms with van der Waals surface area (Å²) in [7, 11) is 0. The van der Waals surface area contributed by atoms with Gasteiger partial charge < -0.3 is 10.2 Å². The minimum absolute atomic E-state index is 0.0602. The Morgan fingerprint density at radius 2 is 1.73 bits per heavy atom. The van der Waals surface area contributed by atoms with E-state index in [-0.39, 0.29) is 5.41 Å². The Balaban J connectivity index is 2.11. The second-order valence-electron chi connectivity index (χ2n) is 6.66. The molecule has 22 heavy (non-hydrogen) atoms. The molecule has 0 saturated carbocycles. The van der Waals surface area contributed by atoms with Gasteiger partial charge in [-0.1, -0.05) is 32.0 Å². The lowest BCUT2D eigenvalue weighted by Crippen LogP contribution is -2.29. The van der Waals surface area contributed by atoms with Gasteiger partial charge in [-0.15, -0.1) is 0 Å². The smallest absolute Gasteiger partial charge is 0.115 e. The minimum atomic E-state index is 0.0602. The van der Waals surface area contributed by atoms with Gasteiger partial charge in [0.2, 0.25) is 0 Å². The monoisotopic (exact) mass is 296 g/mol. The predicted octanol–water partition coefficient (Wildman–Crippen LogP) is 4.89. The molecule has 116 valence electrons. The fraction of sp³-hybridized carbons (Fsp3) is 0.400. The van der Waals surface area contributed by atoms with Crippen LogP contribution in [0.25, 0.3) is 0 Å². The Labute approximate surface area is 132 Å². The average molecular weight is 296 g/mol. The van der Waals surface area contributed by atoms with E-state index < -0.39 is 0 Å². The molecule has 2 aromatic carbocycles. The van der Waals surface area contributed by atoms with Gasteiger partial charge in [-0.3, -0.25) is 0 Å². The van der Waals surface area contributed by atoms with Gasteiger partial charge in [-0.05, 0) is 78.0 Å². The first kappa shape index (κ1) is 15.0. The number of hydrogen-bond acceptors (Lipinski definition) is 2. The van der Waals surface area contributed by atoms with Gasteiger partial charge in [0.1, 0.15) is 11.5 Å². The maximum atomic E-state index is 9.79. The van der Waals surface area contributed by atoms with Crippen LogP contribution < -0.4 is 0 Å². The zero-order valence-electron chi connectivity index (χ0n) is 13.3. The first-order valence-electron chi connectivity index (χ1n) is 8.16. The van der Waals surface area contributed by atoms with Crippen molar-refractivity contribution >= 4 is 0 Å². The van der Waals surface area contributed by atoms with Gasteiger partial charge in [0.15, 0.2) is 0 Å². The molecular formula is C20H24O2. The second kappa shape index (κ2) is 5.68. The number of hydrogen-bond donors (Lipinski definition) is 2. The molecule has 2 unspecified atom stereocenters. The number of rotatable bonds is 2. The molecule has 2 aromatic rings. The Kier molecular flexibility index (Phi) is 3.86. The molecule has 0 fully saturated rings. The number of phenols is 2. The number of aromatic hydroxyl groups is 2. The van der Waals surface area contributed by atoms with Crippen LogP contribution in [0.2, 0.25) is 0 Å². The van der Waals surface area contributed by atoms with Gasteiger partial charge in [0, 0.05) is 0 Å². The van der Waals surface area contributed by atoms with Gasteiger partial charge in [-0.25, -0.2) is 0 Å². The van der Waals surface area contributed by atoms with Crippen LogP contribution in [0.3, 0.4) is 0 Å². The van der Waals surface area contributed by atoms with E-state index in [4.69, 9.17) is 0 Å². The zero-order valence-corrected chi connectivity index (χ0v) is 13.3. The highest BCUT2D eigenvalue weighted by Crippen LogP contribution is 2.48. The summed E-state index contributed by atoms with van der Waals surface area (Å²) in [6.07, 6.45) is 4.32. The maximum absolute atomic E-state index is 9.79. The molecule has 0 spiro atoms. The standard InChI is InChI=1S/C20H24O2/c1-3-19-18-11-10-17(22)13-14(18)5-4-12-20(19,2)15-6-8-16(21)9-7-15/h6-11,13,19,21-22H,3-5,12H2,1-2H3. The lowest BCUT2D eigenvalue weighted by atomic mass is 9.66. The number of benzene rings is 2. The van der Waals surface area contributed by atoms with Gasteiger partial charge in [0.25, 0.3) is 0 Å². The van der Waals surface area contributed by atoms with Gasteiger partial charge in [-0.2, -0.15) is 0 Å². The fourth-order valence-electron chi connectivity index (χ4n) is 4.17. The predicted molar refractivity (Wildman–Crippen MR) is 89.5 cm³/mol. The van der Waals surface area contributed by atoms with Crippen molar-refractivity contribution in [1.82, 2.24) is 0 Å². The lowest BCUT2D eigenvalue weighted by molar-refractivity contribution is 0.342. The normalized spacial score (nSPS) is 24.5. The fourth-order valence-corrected chi connectivity index (χ4v) is 4.17. The second-order valence-corrected chi connectivity index (χ2v) is 6.66. The third-order valence-electron chi connectivity index (χ3n) is 5.35. The topological polar surface area (TPSA) is 40.5 Å². The van der Waals surface area contributed by atoms with Crippen molar-refractivity contribution in [3.8, 4) is 11.5 Å². The van der Waals surface area contributed by atoms with E-state index >= 15 is 0 Å². The maximum Gasteiger partial charge on any atom is 0.115 e. The zero-order chi connectivity index (χ0) is 15.7. The summed E-state index contributed by atoms with van der Waals surface area (Å²) in [4.78, 5) is 0. The van der Waals surface area contributed by atoms with Crippen LogP contribution in [0.4, 0.5) is 0 Å². The summed E-state index contributed by atoms with van der Waals surface area (Å²) in [5.74, 6) is 1.11. The van der Waals surface area contributed by atoms with Crippen molar-refractivity contribution in [3.63, 3.8) is 0 Å². The highest BCUT2D eigenvalue weighted by Gasteiger charge is 2.38. The van der Waals surface area contributed by atoms with Crippen molar-refractivity contribution < 1.29 is 10.2 Å². The SMILES string of the molecule is CCC1c2ccc(O)cc2CCCC1(C)c1ccc(O)cc1. The Morgan fingerprint density at radius 3 is 2.41 bits per heavy atom. The van der Waals surface area contributed by atoms with Crippen molar-refractivity contribution in [2.45, 2.75) is 50.9 Å². The third-order valence-corrected chi connectivity index (χ3v) is 5.35. The molecule has 0 saturated heterocycles. The molecule has 0 amide bonds. The number of aryl methyl sites for hydroxylation is 1. The molecular weight excluding hydrogens is 272 g/mol. The van der Waals surface area contributed by atoms with Crippen molar-refractivity contribution in [2.24, 2.45) is 0 Å². The number of phenolic OH excluding ortho intramolecular Hbond substituents is 2. The van der Waals surface area contributed by atoms with E-state index in [1.54, 1.807) is 12.1 Å². The van der Waals surface area contributed by atoms with E-state index in [0.717, 1.165) is 25.7 Å². The summed E-state index contributed by atoms with van der Waals surface area (Å²) in [5, 5.41) is 19.4. The third kappa shape index (κ3) is 2.47. The Bertz CT molecular complexity index is 660. The van der Waals surface area contributed by atoms with E-state index in [0.29, 0.717) is 17.4 Å². The summed E-state index contributed by atoms with van der Waals surface area (Å²) >= 11 is 0. The van der Waals surface area contributed by atoms with E-state index in [9.17, 15) is 10.2 Å². The minimum Gasteiger partial charge on any atom is -0.508 e. The molecule has 0 aliphatic heterocycles. The van der Waals surface area contributed by atoms with Crippen molar-refractivity contribution in [3.05, 3.63) is 59.2 Å². The van der Waals surface area contributed by atoms with E-state index in [1.807, 2.05) is 12.1 Å². The van der Waals surface area contributed by atoms with Crippen LogP contribution >= 0.6 is 0 Å². The van der Waals surface area contributed by atoms with Crippen LogP contribution in [0, 0.1) is 0 Å². The van der Waals surface area contributed by atoms with Crippen molar-refractivity contribution in [2.75, 3.05) is 0 Å². The van der Waals surface area contributed by atoms with Crippen LogP contribution in [0.1, 0.15) is 55.7 Å². The molecule has 0 heterocycles. The molecule has 3 rings (SSSR count). The highest BCUT2D eigenvalue weighted by molar-refractivity contribution is 5.43. The molecule has 0 aromatic heterocycles. The van der Waals surface area contributed by atoms with Crippen LogP contribution in [0.5, 0.6) is 11.5 Å². The van der Waals surface area contributed by atoms with Crippen LogP contribution in [-0.4, -0.2) is 10.2 Å². The molecule has 1 aliphatic carbocycles. The highest BCUT2D eigenvalue weighted by atomic mass is 16.3. The molecule has 0 bridgehead atoms. The number of fused-ring (bicyclic) bond motifs is 1. The lowest BCUT2D eigenvalue weighted by Gasteiger charge is -2.37.